The van der Waals surface area contributed by atoms with E-state index in [1.807, 2.05) is 39.8 Å². The maximum atomic E-state index is 12.3. The van der Waals surface area contributed by atoms with Crippen molar-refractivity contribution in [2.45, 2.75) is 46.8 Å². The maximum absolute atomic E-state index is 12.3. The predicted molar refractivity (Wildman–Crippen MR) is 90.1 cm³/mol. The summed E-state index contributed by atoms with van der Waals surface area (Å²) in [7, 11) is -3.49. The van der Waals surface area contributed by atoms with E-state index in [1.54, 1.807) is 0 Å². The van der Waals surface area contributed by atoms with Gasteiger partial charge in [-0.1, -0.05) is 13.8 Å². The Balaban J connectivity index is 2.21. The molecule has 1 aromatic carbocycles. The molecule has 0 aromatic heterocycles. The van der Waals surface area contributed by atoms with Crippen molar-refractivity contribution in [1.29, 1.82) is 0 Å². The van der Waals surface area contributed by atoms with E-state index in [0.29, 0.717) is 25.4 Å². The van der Waals surface area contributed by atoms with Gasteiger partial charge in [-0.3, -0.25) is 0 Å². The van der Waals surface area contributed by atoms with Crippen molar-refractivity contribution in [3.63, 3.8) is 0 Å². The molecule has 0 radical (unpaired) electrons. The van der Waals surface area contributed by atoms with Crippen LogP contribution < -0.4 is 14.2 Å². The van der Waals surface area contributed by atoms with Gasteiger partial charge in [-0.15, -0.1) is 0 Å². The predicted octanol–water partition coefficient (Wildman–Crippen LogP) is 2.08. The molecule has 0 bridgehead atoms. The molecule has 0 amide bonds. The molecule has 0 unspecified atom stereocenters. The number of benzene rings is 1. The summed E-state index contributed by atoms with van der Waals surface area (Å²) >= 11 is 0. The minimum absolute atomic E-state index is 0.141. The molecule has 23 heavy (non-hydrogen) atoms. The van der Waals surface area contributed by atoms with Crippen LogP contribution in [0.2, 0.25) is 0 Å². The molecular weight excluding hydrogens is 316 g/mol. The standard InChI is InChI=1S/C16H26N2O4S/c1-5-18(6-2)23(19,20)17-11-14-10-16-13(8-12(4)22-16)9-15(14)21-7-3/h9-10,12,17H,5-8,11H2,1-4H3/t12-/m0/s1. The Morgan fingerprint density at radius 3 is 2.61 bits per heavy atom. The number of nitrogens with zero attached hydrogens (tertiary/aromatic N) is 1. The number of nitrogens with one attached hydrogen (secondary N) is 1. The van der Waals surface area contributed by atoms with Gasteiger partial charge in [0.25, 0.3) is 10.2 Å². The highest BCUT2D eigenvalue weighted by Gasteiger charge is 2.23. The first kappa shape index (κ1) is 18.0. The van der Waals surface area contributed by atoms with Gasteiger partial charge in [0.15, 0.2) is 0 Å². The number of ether oxygens (including phenoxy) is 2. The van der Waals surface area contributed by atoms with Crippen molar-refractivity contribution in [2.75, 3.05) is 19.7 Å². The van der Waals surface area contributed by atoms with Crippen LogP contribution in [-0.2, 0) is 23.2 Å². The molecule has 1 aliphatic heterocycles. The Bertz CT molecular complexity index is 642. The highest BCUT2D eigenvalue weighted by Crippen LogP contribution is 2.35. The molecule has 1 atom stereocenters. The topological polar surface area (TPSA) is 67.9 Å². The van der Waals surface area contributed by atoms with Gasteiger partial charge in [-0.25, -0.2) is 0 Å². The van der Waals surface area contributed by atoms with E-state index in [9.17, 15) is 8.42 Å². The van der Waals surface area contributed by atoms with E-state index in [1.165, 1.54) is 4.31 Å². The highest BCUT2D eigenvalue weighted by atomic mass is 32.2. The van der Waals surface area contributed by atoms with Crippen LogP contribution in [-0.4, -0.2) is 38.5 Å². The number of hydrogen-bond donors (Lipinski definition) is 1. The lowest BCUT2D eigenvalue weighted by Gasteiger charge is -2.19. The van der Waals surface area contributed by atoms with Crippen molar-refractivity contribution in [2.24, 2.45) is 0 Å². The fraction of sp³-hybridized carbons (Fsp3) is 0.625. The zero-order valence-electron chi connectivity index (χ0n) is 14.3. The largest absolute Gasteiger partial charge is 0.494 e. The third-order valence-corrected chi connectivity index (χ3v) is 5.57. The SMILES string of the molecule is CCOc1cc2c(cc1CNS(=O)(=O)N(CC)CC)O[C@@H](C)C2. The number of rotatable bonds is 8. The maximum Gasteiger partial charge on any atom is 0.279 e. The quantitative estimate of drug-likeness (QED) is 0.785. The van der Waals surface area contributed by atoms with E-state index in [4.69, 9.17) is 9.47 Å². The summed E-state index contributed by atoms with van der Waals surface area (Å²) in [5.41, 5.74) is 1.90. The van der Waals surface area contributed by atoms with E-state index in [0.717, 1.165) is 23.3 Å². The van der Waals surface area contributed by atoms with Crippen LogP contribution in [0.3, 0.4) is 0 Å². The highest BCUT2D eigenvalue weighted by molar-refractivity contribution is 7.87. The van der Waals surface area contributed by atoms with Gasteiger partial charge in [0.1, 0.15) is 17.6 Å². The molecule has 0 saturated heterocycles. The van der Waals surface area contributed by atoms with E-state index >= 15 is 0 Å². The van der Waals surface area contributed by atoms with Gasteiger partial charge in [0.2, 0.25) is 0 Å². The van der Waals surface area contributed by atoms with E-state index in [-0.39, 0.29) is 12.6 Å². The minimum atomic E-state index is -3.49. The second kappa shape index (κ2) is 7.51. The average molecular weight is 342 g/mol. The normalized spacial score (nSPS) is 17.2. The monoisotopic (exact) mass is 342 g/mol. The van der Waals surface area contributed by atoms with E-state index in [2.05, 4.69) is 4.72 Å². The van der Waals surface area contributed by atoms with Crippen LogP contribution in [0, 0.1) is 0 Å². The number of fused-ring (bicyclic) bond motifs is 1. The third-order valence-electron chi connectivity index (χ3n) is 3.87. The Morgan fingerprint density at radius 2 is 2.00 bits per heavy atom. The fourth-order valence-corrected chi connectivity index (χ4v) is 3.93. The average Bonchev–Trinajstić information content (AvgIpc) is 2.85. The molecular formula is C16H26N2O4S. The Labute approximate surface area is 139 Å². The summed E-state index contributed by atoms with van der Waals surface area (Å²) in [6.07, 6.45) is 0.989. The second-order valence-corrected chi connectivity index (χ2v) is 7.30. The third kappa shape index (κ3) is 4.16. The van der Waals surface area contributed by atoms with Crippen LogP contribution in [0.5, 0.6) is 11.5 Å². The summed E-state index contributed by atoms with van der Waals surface area (Å²) in [5.74, 6) is 1.53. The van der Waals surface area contributed by atoms with Crippen molar-refractivity contribution in [1.82, 2.24) is 9.03 Å². The van der Waals surface area contributed by atoms with Crippen LogP contribution in [0.1, 0.15) is 38.8 Å². The number of hydrogen-bond acceptors (Lipinski definition) is 4. The molecule has 0 aliphatic carbocycles. The van der Waals surface area contributed by atoms with Crippen molar-refractivity contribution < 1.29 is 17.9 Å². The molecule has 0 spiro atoms. The Kier molecular flexibility index (Phi) is 5.89. The summed E-state index contributed by atoms with van der Waals surface area (Å²) in [4.78, 5) is 0. The molecule has 7 heteroatoms. The Hall–Kier alpha value is -1.31. The summed E-state index contributed by atoms with van der Waals surface area (Å²) in [5, 5.41) is 0. The van der Waals surface area contributed by atoms with Crippen LogP contribution >= 0.6 is 0 Å². The van der Waals surface area contributed by atoms with Crippen LogP contribution in [0.4, 0.5) is 0 Å². The van der Waals surface area contributed by atoms with Crippen LogP contribution in [0.15, 0.2) is 12.1 Å². The Morgan fingerprint density at radius 1 is 1.30 bits per heavy atom. The van der Waals surface area contributed by atoms with Gasteiger partial charge in [-0.2, -0.15) is 17.4 Å². The van der Waals surface area contributed by atoms with Crippen molar-refractivity contribution in [3.8, 4) is 11.5 Å². The lowest BCUT2D eigenvalue weighted by Crippen LogP contribution is -2.40. The second-order valence-electron chi connectivity index (χ2n) is 5.54. The first-order chi connectivity index (χ1) is 10.9. The van der Waals surface area contributed by atoms with Crippen molar-refractivity contribution in [3.05, 3.63) is 23.3 Å². The van der Waals surface area contributed by atoms with Gasteiger partial charge in [-0.05, 0) is 26.0 Å². The summed E-state index contributed by atoms with van der Waals surface area (Å²) in [6, 6.07) is 3.85. The molecule has 0 fully saturated rings. The van der Waals surface area contributed by atoms with Gasteiger partial charge in [0.05, 0.1) is 6.61 Å². The molecule has 1 N–H and O–H groups in total. The molecule has 0 saturated carbocycles. The van der Waals surface area contributed by atoms with Crippen molar-refractivity contribution >= 4 is 10.2 Å². The van der Waals surface area contributed by atoms with Crippen LogP contribution in [0.25, 0.3) is 0 Å². The minimum Gasteiger partial charge on any atom is -0.494 e. The van der Waals surface area contributed by atoms with E-state index < -0.39 is 10.2 Å². The first-order valence-electron chi connectivity index (χ1n) is 8.11. The molecule has 2 rings (SSSR count). The van der Waals surface area contributed by atoms with Gasteiger partial charge >= 0.3 is 0 Å². The zero-order chi connectivity index (χ0) is 17.0. The molecule has 1 aromatic rings. The molecule has 6 nitrogen and oxygen atoms in total. The lowest BCUT2D eigenvalue weighted by atomic mass is 10.1. The smallest absolute Gasteiger partial charge is 0.279 e. The summed E-state index contributed by atoms with van der Waals surface area (Å²) < 4.78 is 40.0. The molecule has 130 valence electrons. The van der Waals surface area contributed by atoms with Gasteiger partial charge in [0, 0.05) is 37.2 Å². The van der Waals surface area contributed by atoms with Gasteiger partial charge < -0.3 is 9.47 Å². The summed E-state index contributed by atoms with van der Waals surface area (Å²) in [6.45, 7) is 9.16. The molecule has 1 aliphatic rings. The lowest BCUT2D eigenvalue weighted by molar-refractivity contribution is 0.254. The first-order valence-corrected chi connectivity index (χ1v) is 9.55. The molecule has 1 heterocycles. The fourth-order valence-electron chi connectivity index (χ4n) is 2.73. The zero-order valence-corrected chi connectivity index (χ0v) is 15.1.